The Morgan fingerprint density at radius 2 is 2.28 bits per heavy atom. The van der Waals surface area contributed by atoms with E-state index >= 15 is 0 Å². The first-order valence-electron chi connectivity index (χ1n) is 5.81. The number of nitrogens with one attached hydrogen (secondary N) is 1. The molecule has 0 aliphatic rings. The molecule has 0 atom stereocenters. The third-order valence-electron chi connectivity index (χ3n) is 2.55. The fraction of sp³-hybridized carbons (Fsp3) is 0.545. The van der Waals surface area contributed by atoms with Crippen LogP contribution in [0.25, 0.3) is 11.0 Å². The molecule has 0 aliphatic heterocycles. The van der Waals surface area contributed by atoms with Gasteiger partial charge in [-0.25, -0.2) is 9.97 Å². The fourth-order valence-corrected chi connectivity index (χ4v) is 2.44. The summed E-state index contributed by atoms with van der Waals surface area (Å²) >= 11 is 1.72. The van der Waals surface area contributed by atoms with Crippen molar-refractivity contribution in [2.45, 2.75) is 12.2 Å². The lowest BCUT2D eigenvalue weighted by atomic mass is 10.4. The lowest BCUT2D eigenvalue weighted by Gasteiger charge is -2.05. The monoisotopic (exact) mass is 267 g/mol. The quantitative estimate of drug-likeness (QED) is 0.761. The van der Waals surface area contributed by atoms with Crippen LogP contribution in [-0.2, 0) is 12.8 Å². The molecule has 0 saturated carbocycles. The zero-order valence-electron chi connectivity index (χ0n) is 10.6. The number of fused-ring (bicyclic) bond motifs is 1. The third kappa shape index (κ3) is 2.73. The van der Waals surface area contributed by atoms with Gasteiger partial charge in [0.1, 0.15) is 11.6 Å². The highest BCUT2D eigenvalue weighted by Gasteiger charge is 2.10. The topological polar surface area (TPSA) is 75.9 Å². The van der Waals surface area contributed by atoms with Gasteiger partial charge in [-0.3, -0.25) is 4.68 Å². The maximum atomic E-state index is 8.73. The molecule has 0 amide bonds. The SMILES string of the molecule is CNc1nc(CSCCCO)nc2c1cnn2C. The van der Waals surface area contributed by atoms with Gasteiger partial charge in [0.05, 0.1) is 17.3 Å². The molecule has 18 heavy (non-hydrogen) atoms. The molecule has 98 valence electrons. The molecule has 2 N–H and O–H groups in total. The summed E-state index contributed by atoms with van der Waals surface area (Å²) in [4.78, 5) is 8.98. The highest BCUT2D eigenvalue weighted by Crippen LogP contribution is 2.20. The first-order valence-corrected chi connectivity index (χ1v) is 6.96. The number of anilines is 1. The number of rotatable bonds is 6. The zero-order valence-corrected chi connectivity index (χ0v) is 11.4. The van der Waals surface area contributed by atoms with Crippen molar-refractivity contribution in [3.05, 3.63) is 12.0 Å². The number of nitrogens with zero attached hydrogens (tertiary/aromatic N) is 4. The Morgan fingerprint density at radius 1 is 1.44 bits per heavy atom. The van der Waals surface area contributed by atoms with Crippen molar-refractivity contribution in [1.82, 2.24) is 19.7 Å². The van der Waals surface area contributed by atoms with E-state index in [0.29, 0.717) is 0 Å². The molecule has 0 aliphatic carbocycles. The molecule has 2 aromatic rings. The summed E-state index contributed by atoms with van der Waals surface area (Å²) in [6.07, 6.45) is 2.57. The van der Waals surface area contributed by atoms with E-state index in [-0.39, 0.29) is 6.61 Å². The Balaban J connectivity index is 2.20. The average molecular weight is 267 g/mol. The Bertz CT molecular complexity index is 527. The second kappa shape index (κ2) is 6.01. The maximum Gasteiger partial charge on any atom is 0.163 e. The molecule has 0 saturated heterocycles. The fourth-order valence-electron chi connectivity index (χ4n) is 1.65. The van der Waals surface area contributed by atoms with E-state index in [1.807, 2.05) is 14.1 Å². The Hall–Kier alpha value is -1.34. The van der Waals surface area contributed by atoms with E-state index in [2.05, 4.69) is 20.4 Å². The average Bonchev–Trinajstić information content (AvgIpc) is 2.76. The van der Waals surface area contributed by atoms with Crippen molar-refractivity contribution < 1.29 is 5.11 Å². The van der Waals surface area contributed by atoms with Gasteiger partial charge in [0.15, 0.2) is 5.65 Å². The van der Waals surface area contributed by atoms with Crippen LogP contribution in [0.3, 0.4) is 0 Å². The van der Waals surface area contributed by atoms with E-state index in [4.69, 9.17) is 5.11 Å². The summed E-state index contributed by atoms with van der Waals surface area (Å²) in [5.74, 6) is 3.26. The summed E-state index contributed by atoms with van der Waals surface area (Å²) in [6.45, 7) is 0.233. The van der Waals surface area contributed by atoms with Gasteiger partial charge in [-0.15, -0.1) is 0 Å². The van der Waals surface area contributed by atoms with E-state index in [1.165, 1.54) is 0 Å². The van der Waals surface area contributed by atoms with Gasteiger partial charge in [0.25, 0.3) is 0 Å². The number of thioether (sulfide) groups is 1. The molecule has 2 heterocycles. The van der Waals surface area contributed by atoms with Crippen molar-refractivity contribution >= 4 is 28.6 Å². The molecule has 0 aromatic carbocycles. The van der Waals surface area contributed by atoms with E-state index in [0.717, 1.165) is 40.6 Å². The molecule has 2 aromatic heterocycles. The second-order valence-corrected chi connectivity index (χ2v) is 4.98. The van der Waals surface area contributed by atoms with Crippen LogP contribution in [-0.4, -0.2) is 44.3 Å². The van der Waals surface area contributed by atoms with Gasteiger partial charge >= 0.3 is 0 Å². The highest BCUT2D eigenvalue weighted by molar-refractivity contribution is 7.98. The number of hydrogen-bond donors (Lipinski definition) is 2. The summed E-state index contributed by atoms with van der Waals surface area (Å²) in [6, 6.07) is 0. The predicted molar refractivity (Wildman–Crippen MR) is 73.7 cm³/mol. The minimum Gasteiger partial charge on any atom is -0.396 e. The van der Waals surface area contributed by atoms with Crippen LogP contribution in [0.5, 0.6) is 0 Å². The summed E-state index contributed by atoms with van der Waals surface area (Å²) in [7, 11) is 3.72. The zero-order chi connectivity index (χ0) is 13.0. The van der Waals surface area contributed by atoms with Gasteiger partial charge in [-0.2, -0.15) is 16.9 Å². The predicted octanol–water partition coefficient (Wildman–Crippen LogP) is 1.02. The van der Waals surface area contributed by atoms with Crippen molar-refractivity contribution in [2.24, 2.45) is 7.05 Å². The van der Waals surface area contributed by atoms with E-state index in [1.54, 1.807) is 22.6 Å². The normalized spacial score (nSPS) is 11.1. The van der Waals surface area contributed by atoms with Crippen LogP contribution in [0.1, 0.15) is 12.2 Å². The van der Waals surface area contributed by atoms with E-state index in [9.17, 15) is 0 Å². The van der Waals surface area contributed by atoms with Crippen LogP contribution < -0.4 is 5.32 Å². The smallest absolute Gasteiger partial charge is 0.163 e. The molecule has 2 rings (SSSR count). The van der Waals surface area contributed by atoms with Crippen molar-refractivity contribution in [2.75, 3.05) is 24.7 Å². The molecular formula is C11H17N5OS. The minimum absolute atomic E-state index is 0.233. The number of aliphatic hydroxyl groups is 1. The van der Waals surface area contributed by atoms with Crippen LogP contribution in [0.15, 0.2) is 6.20 Å². The molecule has 0 fully saturated rings. The van der Waals surface area contributed by atoms with Crippen molar-refractivity contribution in [1.29, 1.82) is 0 Å². The van der Waals surface area contributed by atoms with Gasteiger partial charge in [0.2, 0.25) is 0 Å². The number of aliphatic hydroxyl groups excluding tert-OH is 1. The summed E-state index contributed by atoms with van der Waals surface area (Å²) < 4.78 is 1.75. The number of hydrogen-bond acceptors (Lipinski definition) is 6. The van der Waals surface area contributed by atoms with Crippen molar-refractivity contribution in [3.8, 4) is 0 Å². The maximum absolute atomic E-state index is 8.73. The minimum atomic E-state index is 0.233. The summed E-state index contributed by atoms with van der Waals surface area (Å²) in [5, 5.41) is 16.9. The number of aromatic nitrogens is 4. The summed E-state index contributed by atoms with van der Waals surface area (Å²) in [5.41, 5.74) is 0.840. The van der Waals surface area contributed by atoms with E-state index < -0.39 is 0 Å². The second-order valence-electron chi connectivity index (χ2n) is 3.87. The molecule has 0 radical (unpaired) electrons. The largest absolute Gasteiger partial charge is 0.396 e. The Morgan fingerprint density at radius 3 is 3.00 bits per heavy atom. The molecule has 7 heteroatoms. The van der Waals surface area contributed by atoms with Gasteiger partial charge in [-0.05, 0) is 12.2 Å². The first kappa shape index (κ1) is 13.1. The van der Waals surface area contributed by atoms with Gasteiger partial charge in [0, 0.05) is 20.7 Å². The number of aryl methyl sites for hydroxylation is 1. The third-order valence-corrected chi connectivity index (χ3v) is 3.59. The molecule has 0 bridgehead atoms. The van der Waals surface area contributed by atoms with Crippen LogP contribution in [0, 0.1) is 0 Å². The first-order chi connectivity index (χ1) is 8.76. The molecule has 6 nitrogen and oxygen atoms in total. The molecule has 0 unspecified atom stereocenters. The Labute approximate surface area is 110 Å². The van der Waals surface area contributed by atoms with Crippen LogP contribution in [0.2, 0.25) is 0 Å². The molecular weight excluding hydrogens is 250 g/mol. The van der Waals surface area contributed by atoms with Gasteiger partial charge < -0.3 is 10.4 Å². The van der Waals surface area contributed by atoms with Crippen molar-refractivity contribution in [3.63, 3.8) is 0 Å². The molecule has 0 spiro atoms. The standard InChI is InChI=1S/C11H17N5OS/c1-12-10-8-6-13-16(2)11(8)15-9(14-10)7-18-5-3-4-17/h6,17H,3-5,7H2,1-2H3,(H,12,14,15). The Kier molecular flexibility index (Phi) is 4.38. The lowest BCUT2D eigenvalue weighted by molar-refractivity contribution is 0.296. The highest BCUT2D eigenvalue weighted by atomic mass is 32.2. The van der Waals surface area contributed by atoms with Crippen LogP contribution >= 0.6 is 11.8 Å². The van der Waals surface area contributed by atoms with Gasteiger partial charge in [-0.1, -0.05) is 0 Å². The van der Waals surface area contributed by atoms with Crippen LogP contribution in [0.4, 0.5) is 5.82 Å². The lowest BCUT2D eigenvalue weighted by Crippen LogP contribution is -2.02.